The van der Waals surface area contributed by atoms with Gasteiger partial charge in [-0.3, -0.25) is 4.79 Å². The van der Waals surface area contributed by atoms with E-state index in [0.29, 0.717) is 12.8 Å². The Morgan fingerprint density at radius 3 is 2.68 bits per heavy atom. The van der Waals surface area contributed by atoms with Crippen LogP contribution in [0.1, 0.15) is 12.8 Å². The Morgan fingerprint density at radius 1 is 1.32 bits per heavy atom. The van der Waals surface area contributed by atoms with Gasteiger partial charge in [0.05, 0.1) is 12.6 Å². The number of halogens is 1. The number of nitrogens with two attached hydrogens (primary N) is 1. The Labute approximate surface area is 111 Å². The Kier molecular flexibility index (Phi) is 3.98. The van der Waals surface area contributed by atoms with Crippen LogP contribution in [0.15, 0.2) is 29.2 Å². The maximum Gasteiger partial charge on any atom is 0.246 e. The average Bonchev–Trinajstić information content (AvgIpc) is 2.53. The second-order valence-corrected chi connectivity index (χ2v) is 6.39. The highest BCUT2D eigenvalue weighted by atomic mass is 32.2. The SMILES string of the molecule is NC1CCCN(S(=O)(=O)c2ccccc2F)CC1=O. The van der Waals surface area contributed by atoms with Crippen LogP contribution in [0.3, 0.4) is 0 Å². The smallest absolute Gasteiger partial charge is 0.246 e. The third kappa shape index (κ3) is 2.83. The molecule has 1 saturated heterocycles. The molecule has 0 saturated carbocycles. The molecule has 0 radical (unpaired) electrons. The van der Waals surface area contributed by atoms with E-state index in [0.717, 1.165) is 10.4 Å². The van der Waals surface area contributed by atoms with Gasteiger partial charge in [0.15, 0.2) is 5.78 Å². The molecule has 1 aromatic carbocycles. The van der Waals surface area contributed by atoms with Crippen molar-refractivity contribution >= 4 is 15.8 Å². The van der Waals surface area contributed by atoms with Gasteiger partial charge in [-0.25, -0.2) is 12.8 Å². The van der Waals surface area contributed by atoms with Gasteiger partial charge in [-0.1, -0.05) is 12.1 Å². The van der Waals surface area contributed by atoms with Gasteiger partial charge in [0.2, 0.25) is 10.0 Å². The number of carbonyl (C=O) groups excluding carboxylic acids is 1. The molecule has 5 nitrogen and oxygen atoms in total. The first kappa shape index (κ1) is 14.1. The van der Waals surface area contributed by atoms with E-state index >= 15 is 0 Å². The van der Waals surface area contributed by atoms with Crippen molar-refractivity contribution in [3.05, 3.63) is 30.1 Å². The van der Waals surface area contributed by atoms with E-state index in [9.17, 15) is 17.6 Å². The van der Waals surface area contributed by atoms with Crippen molar-refractivity contribution in [2.45, 2.75) is 23.8 Å². The fourth-order valence-electron chi connectivity index (χ4n) is 2.02. The Morgan fingerprint density at radius 2 is 2.00 bits per heavy atom. The standard InChI is InChI=1S/C12H15FN2O3S/c13-9-4-1-2-6-12(9)19(17,18)15-7-3-5-10(14)11(16)8-15/h1-2,4,6,10H,3,5,7-8,14H2. The molecule has 1 atom stereocenters. The molecule has 1 aromatic rings. The molecule has 0 aromatic heterocycles. The second-order valence-electron chi connectivity index (χ2n) is 4.48. The number of hydrogen-bond donors (Lipinski definition) is 1. The van der Waals surface area contributed by atoms with Gasteiger partial charge in [-0.2, -0.15) is 4.31 Å². The van der Waals surface area contributed by atoms with Crippen molar-refractivity contribution in [3.8, 4) is 0 Å². The first-order valence-corrected chi connectivity index (χ1v) is 7.40. The van der Waals surface area contributed by atoms with Crippen molar-refractivity contribution in [3.63, 3.8) is 0 Å². The predicted molar refractivity (Wildman–Crippen MR) is 67.4 cm³/mol. The zero-order valence-corrected chi connectivity index (χ0v) is 11.1. The van der Waals surface area contributed by atoms with Gasteiger partial charge in [-0.05, 0) is 25.0 Å². The van der Waals surface area contributed by atoms with E-state index < -0.39 is 26.8 Å². The zero-order chi connectivity index (χ0) is 14.0. The normalized spacial score (nSPS) is 22.2. The number of carbonyl (C=O) groups is 1. The topological polar surface area (TPSA) is 80.5 Å². The summed E-state index contributed by atoms with van der Waals surface area (Å²) in [5.74, 6) is -1.15. The van der Waals surface area contributed by atoms with Crippen molar-refractivity contribution in [2.24, 2.45) is 5.73 Å². The molecule has 2 rings (SSSR count). The number of nitrogens with zero attached hydrogens (tertiary/aromatic N) is 1. The van der Waals surface area contributed by atoms with Crippen molar-refractivity contribution in [1.29, 1.82) is 0 Å². The van der Waals surface area contributed by atoms with Gasteiger partial charge in [0.1, 0.15) is 10.7 Å². The zero-order valence-electron chi connectivity index (χ0n) is 10.3. The highest BCUT2D eigenvalue weighted by Gasteiger charge is 2.32. The number of hydrogen-bond acceptors (Lipinski definition) is 4. The molecule has 1 unspecified atom stereocenters. The summed E-state index contributed by atoms with van der Waals surface area (Å²) in [4.78, 5) is 11.3. The molecule has 19 heavy (non-hydrogen) atoms. The molecule has 2 N–H and O–H groups in total. The fourth-order valence-corrected chi connectivity index (χ4v) is 3.53. The van der Waals surface area contributed by atoms with Gasteiger partial charge in [0, 0.05) is 6.54 Å². The molecule has 1 aliphatic rings. The maximum absolute atomic E-state index is 13.6. The molecule has 0 aliphatic carbocycles. The summed E-state index contributed by atoms with van der Waals surface area (Å²) < 4.78 is 39.2. The Hall–Kier alpha value is -1.31. The van der Waals surface area contributed by atoms with E-state index in [1.165, 1.54) is 18.2 Å². The minimum atomic E-state index is -3.99. The van der Waals surface area contributed by atoms with Crippen molar-refractivity contribution in [2.75, 3.05) is 13.1 Å². The van der Waals surface area contributed by atoms with E-state index in [1.807, 2.05) is 0 Å². The first-order valence-electron chi connectivity index (χ1n) is 5.96. The monoisotopic (exact) mass is 286 g/mol. The van der Waals surface area contributed by atoms with Crippen LogP contribution in [0.25, 0.3) is 0 Å². The van der Waals surface area contributed by atoms with Crippen LogP contribution in [0.4, 0.5) is 4.39 Å². The van der Waals surface area contributed by atoms with E-state index in [-0.39, 0.29) is 18.9 Å². The lowest BCUT2D eigenvalue weighted by molar-refractivity contribution is -0.120. The first-order chi connectivity index (χ1) is 8.93. The third-order valence-corrected chi connectivity index (χ3v) is 5.00. The summed E-state index contributed by atoms with van der Waals surface area (Å²) in [6.07, 6.45) is 0.933. The van der Waals surface area contributed by atoms with Crippen molar-refractivity contribution < 1.29 is 17.6 Å². The van der Waals surface area contributed by atoms with Crippen molar-refractivity contribution in [1.82, 2.24) is 4.31 Å². The third-order valence-electron chi connectivity index (χ3n) is 3.12. The van der Waals surface area contributed by atoms with Gasteiger partial charge >= 0.3 is 0 Å². The predicted octanol–water partition coefficient (Wildman–Crippen LogP) is 0.507. The highest BCUT2D eigenvalue weighted by Crippen LogP contribution is 2.21. The molecule has 1 heterocycles. The number of ketones is 1. The van der Waals surface area contributed by atoms with E-state index in [4.69, 9.17) is 5.73 Å². The summed E-state index contributed by atoms with van der Waals surface area (Å²) in [7, 11) is -3.99. The lowest BCUT2D eigenvalue weighted by Gasteiger charge is -2.19. The summed E-state index contributed by atoms with van der Waals surface area (Å²) in [6.45, 7) is -0.117. The quantitative estimate of drug-likeness (QED) is 0.859. The molecular weight excluding hydrogens is 271 g/mol. The average molecular weight is 286 g/mol. The van der Waals surface area contributed by atoms with Gasteiger partial charge in [0.25, 0.3) is 0 Å². The highest BCUT2D eigenvalue weighted by molar-refractivity contribution is 7.89. The van der Waals surface area contributed by atoms with Crippen LogP contribution in [-0.2, 0) is 14.8 Å². The van der Waals surface area contributed by atoms with Crippen LogP contribution >= 0.6 is 0 Å². The summed E-state index contributed by atoms with van der Waals surface area (Å²) in [5, 5.41) is 0. The number of Topliss-reactive ketones (excluding diaryl/α,β-unsaturated/α-hetero) is 1. The number of rotatable bonds is 2. The lowest BCUT2D eigenvalue weighted by atomic mass is 10.1. The van der Waals surface area contributed by atoms with Crippen LogP contribution in [0.2, 0.25) is 0 Å². The van der Waals surface area contributed by atoms with Crippen LogP contribution in [0, 0.1) is 5.82 Å². The summed E-state index contributed by atoms with van der Waals surface area (Å²) in [5.41, 5.74) is 5.61. The van der Waals surface area contributed by atoms with Crippen LogP contribution in [0.5, 0.6) is 0 Å². The number of benzene rings is 1. The largest absolute Gasteiger partial charge is 0.321 e. The van der Waals surface area contributed by atoms with E-state index in [1.54, 1.807) is 0 Å². The second kappa shape index (κ2) is 5.36. The van der Waals surface area contributed by atoms with Crippen LogP contribution < -0.4 is 5.73 Å². The summed E-state index contributed by atoms with van der Waals surface area (Å²) in [6, 6.07) is 4.50. The maximum atomic E-state index is 13.6. The summed E-state index contributed by atoms with van der Waals surface area (Å²) >= 11 is 0. The minimum absolute atomic E-state index is 0.177. The fraction of sp³-hybridized carbons (Fsp3) is 0.417. The van der Waals surface area contributed by atoms with E-state index in [2.05, 4.69) is 0 Å². The minimum Gasteiger partial charge on any atom is -0.321 e. The Balaban J connectivity index is 2.35. The Bertz CT molecular complexity index is 588. The molecule has 1 fully saturated rings. The molecule has 1 aliphatic heterocycles. The van der Waals surface area contributed by atoms with Crippen LogP contribution in [-0.4, -0.2) is 37.6 Å². The molecule has 0 spiro atoms. The lowest BCUT2D eigenvalue weighted by Crippen LogP contribution is -2.39. The molecular formula is C12H15FN2O3S. The van der Waals surface area contributed by atoms with Gasteiger partial charge in [-0.15, -0.1) is 0 Å². The molecule has 7 heteroatoms. The van der Waals surface area contributed by atoms with Gasteiger partial charge < -0.3 is 5.73 Å². The molecule has 0 amide bonds. The molecule has 104 valence electrons. The molecule has 0 bridgehead atoms. The number of sulfonamides is 1.